The molecule has 6 rings (SSSR count). The summed E-state index contributed by atoms with van der Waals surface area (Å²) in [5.74, 6) is 2.54. The normalized spacial score (nSPS) is 20.8. The predicted octanol–water partition coefficient (Wildman–Crippen LogP) is 5.25. The maximum absolute atomic E-state index is 6.01. The van der Waals surface area contributed by atoms with Crippen LogP contribution in [0, 0.1) is 0 Å². The number of nitrogens with zero attached hydrogens (tertiary/aromatic N) is 2. The number of imidazole rings is 1. The fourth-order valence-electron chi connectivity index (χ4n) is 4.73. The molecule has 2 aliphatic rings. The van der Waals surface area contributed by atoms with Gasteiger partial charge in [-0.1, -0.05) is 48.5 Å². The molecule has 2 aromatic heterocycles. The van der Waals surface area contributed by atoms with Crippen LogP contribution in [0.3, 0.4) is 0 Å². The molecule has 4 aromatic rings. The third-order valence-corrected chi connectivity index (χ3v) is 6.57. The molecule has 0 spiro atoms. The molecule has 3 N–H and O–H groups in total. The molecule has 2 saturated heterocycles. The first kappa shape index (κ1) is 19.5. The third-order valence-electron chi connectivity index (χ3n) is 6.57. The lowest BCUT2D eigenvalue weighted by atomic mass is 10.0. The van der Waals surface area contributed by atoms with Crippen molar-refractivity contribution in [2.45, 2.75) is 37.8 Å². The van der Waals surface area contributed by atoms with Gasteiger partial charge in [-0.15, -0.1) is 0 Å². The molecule has 2 atom stereocenters. The summed E-state index contributed by atoms with van der Waals surface area (Å²) in [6.07, 6.45) is 8.45. The second-order valence-corrected chi connectivity index (χ2v) is 8.70. The van der Waals surface area contributed by atoms with Gasteiger partial charge in [0.25, 0.3) is 0 Å². The summed E-state index contributed by atoms with van der Waals surface area (Å²) in [6.45, 7) is 2.12. The number of benzene rings is 2. The van der Waals surface area contributed by atoms with Crippen molar-refractivity contribution >= 4 is 0 Å². The van der Waals surface area contributed by atoms with E-state index < -0.39 is 0 Å². The Morgan fingerprint density at radius 1 is 0.688 bits per heavy atom. The summed E-state index contributed by atoms with van der Waals surface area (Å²) in [4.78, 5) is 12.6. The van der Waals surface area contributed by atoms with Crippen molar-refractivity contribution in [2.75, 3.05) is 13.1 Å². The minimum atomic E-state index is 0.251. The molecular weight excluding hydrogens is 398 g/mol. The lowest BCUT2D eigenvalue weighted by Crippen LogP contribution is -2.12. The second kappa shape index (κ2) is 8.37. The first-order valence-electron chi connectivity index (χ1n) is 11.5. The summed E-state index contributed by atoms with van der Waals surface area (Å²) in [7, 11) is 0. The SMILES string of the molecule is c1cc(-c2ncc(C3CCCN3)[nH]2)ccc1-c1ccc(-c2cnc(C3CCCN3)o2)cc1. The van der Waals surface area contributed by atoms with E-state index in [0.29, 0.717) is 6.04 Å². The van der Waals surface area contributed by atoms with Gasteiger partial charge < -0.3 is 20.0 Å². The molecule has 0 amide bonds. The molecule has 0 radical (unpaired) electrons. The van der Waals surface area contributed by atoms with Gasteiger partial charge >= 0.3 is 0 Å². The number of hydrogen-bond donors (Lipinski definition) is 3. The molecule has 6 nitrogen and oxygen atoms in total. The van der Waals surface area contributed by atoms with Crippen LogP contribution in [0.4, 0.5) is 0 Å². The van der Waals surface area contributed by atoms with Crippen LogP contribution in [0.2, 0.25) is 0 Å². The molecular formula is C26H27N5O. The zero-order chi connectivity index (χ0) is 21.3. The van der Waals surface area contributed by atoms with Crippen LogP contribution in [0.25, 0.3) is 33.8 Å². The summed E-state index contributed by atoms with van der Waals surface area (Å²) in [6, 6.07) is 17.7. The Morgan fingerprint density at radius 2 is 1.31 bits per heavy atom. The van der Waals surface area contributed by atoms with Crippen molar-refractivity contribution < 1.29 is 4.42 Å². The Labute approximate surface area is 187 Å². The van der Waals surface area contributed by atoms with Gasteiger partial charge in [0.15, 0.2) is 5.76 Å². The maximum atomic E-state index is 6.01. The van der Waals surface area contributed by atoms with Crippen LogP contribution < -0.4 is 10.6 Å². The largest absolute Gasteiger partial charge is 0.439 e. The monoisotopic (exact) mass is 425 g/mol. The van der Waals surface area contributed by atoms with Crippen LogP contribution in [-0.4, -0.2) is 28.0 Å². The smallest absolute Gasteiger partial charge is 0.212 e. The van der Waals surface area contributed by atoms with Gasteiger partial charge in [0.2, 0.25) is 5.89 Å². The number of hydrogen-bond acceptors (Lipinski definition) is 5. The highest BCUT2D eigenvalue weighted by molar-refractivity contribution is 5.70. The quantitative estimate of drug-likeness (QED) is 0.407. The highest BCUT2D eigenvalue weighted by Gasteiger charge is 2.21. The number of aromatic amines is 1. The summed E-state index contributed by atoms with van der Waals surface area (Å²) < 4.78 is 6.01. The number of nitrogens with one attached hydrogen (secondary N) is 3. The summed E-state index contributed by atoms with van der Waals surface area (Å²) in [5, 5.41) is 6.95. The maximum Gasteiger partial charge on any atom is 0.212 e. The molecule has 32 heavy (non-hydrogen) atoms. The van der Waals surface area contributed by atoms with E-state index in [1.807, 2.05) is 12.4 Å². The molecule has 0 aliphatic carbocycles. The summed E-state index contributed by atoms with van der Waals surface area (Å²) >= 11 is 0. The molecule has 2 aromatic carbocycles. The van der Waals surface area contributed by atoms with Crippen molar-refractivity contribution in [3.63, 3.8) is 0 Å². The van der Waals surface area contributed by atoms with Crippen LogP contribution >= 0.6 is 0 Å². The van der Waals surface area contributed by atoms with Gasteiger partial charge in [0, 0.05) is 17.2 Å². The van der Waals surface area contributed by atoms with E-state index in [-0.39, 0.29) is 6.04 Å². The van der Waals surface area contributed by atoms with Crippen LogP contribution in [-0.2, 0) is 0 Å². The average molecular weight is 426 g/mol. The lowest BCUT2D eigenvalue weighted by molar-refractivity contribution is 0.437. The molecule has 4 heterocycles. The van der Waals surface area contributed by atoms with Gasteiger partial charge in [-0.3, -0.25) is 0 Å². The molecule has 162 valence electrons. The Bertz CT molecular complexity index is 1080. The first-order valence-corrected chi connectivity index (χ1v) is 11.5. The van der Waals surface area contributed by atoms with Crippen LogP contribution in [0.1, 0.15) is 49.4 Å². The standard InChI is InChI=1S/C26H27N5O/c1-3-21(27-13-1)23-15-29-25(31-23)20-11-7-18(8-12-20)17-5-9-19(10-6-17)24-16-30-26(32-24)22-4-2-14-28-22/h5-12,15-16,21-22,27-28H,1-4,13-14H2,(H,29,31). The van der Waals surface area contributed by atoms with Crippen molar-refractivity contribution in [1.29, 1.82) is 0 Å². The molecule has 2 fully saturated rings. The molecule has 0 saturated carbocycles. The highest BCUT2D eigenvalue weighted by atomic mass is 16.4. The minimum absolute atomic E-state index is 0.251. The van der Waals surface area contributed by atoms with Gasteiger partial charge in [0.1, 0.15) is 5.82 Å². The molecule has 2 aliphatic heterocycles. The van der Waals surface area contributed by atoms with E-state index in [4.69, 9.17) is 4.42 Å². The van der Waals surface area contributed by atoms with Crippen molar-refractivity contribution in [3.8, 4) is 33.8 Å². The average Bonchev–Trinajstić information content (AvgIpc) is 3.66. The molecule has 6 heteroatoms. The minimum Gasteiger partial charge on any atom is -0.439 e. The van der Waals surface area contributed by atoms with Crippen molar-refractivity contribution in [3.05, 3.63) is 72.5 Å². The topological polar surface area (TPSA) is 78.8 Å². The number of aromatic nitrogens is 3. The second-order valence-electron chi connectivity index (χ2n) is 8.70. The fourth-order valence-corrected chi connectivity index (χ4v) is 4.73. The zero-order valence-corrected chi connectivity index (χ0v) is 18.0. The van der Waals surface area contributed by atoms with E-state index in [1.54, 1.807) is 0 Å². The fraction of sp³-hybridized carbons (Fsp3) is 0.308. The predicted molar refractivity (Wildman–Crippen MR) is 125 cm³/mol. The van der Waals surface area contributed by atoms with Gasteiger partial charge in [-0.2, -0.15) is 0 Å². The lowest BCUT2D eigenvalue weighted by Gasteiger charge is -2.07. The van der Waals surface area contributed by atoms with Crippen molar-refractivity contribution in [2.24, 2.45) is 0 Å². The van der Waals surface area contributed by atoms with Gasteiger partial charge in [-0.25, -0.2) is 9.97 Å². The molecule has 0 bridgehead atoms. The van der Waals surface area contributed by atoms with Gasteiger partial charge in [0.05, 0.1) is 24.1 Å². The van der Waals surface area contributed by atoms with E-state index in [0.717, 1.165) is 48.1 Å². The number of H-pyrrole nitrogens is 1. The van der Waals surface area contributed by atoms with Crippen LogP contribution in [0.5, 0.6) is 0 Å². The number of rotatable bonds is 5. The number of oxazole rings is 1. The third kappa shape index (κ3) is 3.76. The summed E-state index contributed by atoms with van der Waals surface area (Å²) in [5.41, 5.74) is 5.68. The van der Waals surface area contributed by atoms with Crippen LogP contribution in [0.15, 0.2) is 65.3 Å². The Balaban J connectivity index is 1.17. The van der Waals surface area contributed by atoms with E-state index in [9.17, 15) is 0 Å². The Hall–Kier alpha value is -3.22. The zero-order valence-electron chi connectivity index (χ0n) is 18.0. The molecule has 2 unspecified atom stereocenters. The Morgan fingerprint density at radius 3 is 1.97 bits per heavy atom. The van der Waals surface area contributed by atoms with E-state index in [2.05, 4.69) is 74.1 Å². The van der Waals surface area contributed by atoms with E-state index >= 15 is 0 Å². The highest BCUT2D eigenvalue weighted by Crippen LogP contribution is 2.30. The van der Waals surface area contributed by atoms with E-state index in [1.165, 1.54) is 36.1 Å². The first-order chi connectivity index (χ1) is 15.8. The van der Waals surface area contributed by atoms with Gasteiger partial charge in [-0.05, 0) is 49.9 Å². The Kier molecular flexibility index (Phi) is 5.09. The van der Waals surface area contributed by atoms with Crippen molar-refractivity contribution in [1.82, 2.24) is 25.6 Å².